The van der Waals surface area contributed by atoms with Gasteiger partial charge in [-0.1, -0.05) is 11.6 Å². The number of rotatable bonds is 7. The maximum absolute atomic E-state index is 12.9. The van der Waals surface area contributed by atoms with Gasteiger partial charge in [-0.3, -0.25) is 9.36 Å². The van der Waals surface area contributed by atoms with E-state index in [1.54, 1.807) is 19.1 Å². The Kier molecular flexibility index (Phi) is 5.92. The van der Waals surface area contributed by atoms with Crippen LogP contribution in [0, 0.1) is 0 Å². The highest BCUT2D eigenvalue weighted by Crippen LogP contribution is 2.26. The Morgan fingerprint density at radius 2 is 1.90 bits per heavy atom. The van der Waals surface area contributed by atoms with E-state index in [0.29, 0.717) is 36.0 Å². The first-order valence-corrected chi connectivity index (χ1v) is 11.7. The van der Waals surface area contributed by atoms with E-state index in [9.17, 15) is 18.0 Å². The summed E-state index contributed by atoms with van der Waals surface area (Å²) < 4.78 is 38.9. The monoisotopic (exact) mass is 464 g/mol. The van der Waals surface area contributed by atoms with E-state index in [4.69, 9.17) is 20.8 Å². The molecule has 10 heteroatoms. The second-order valence-corrected chi connectivity index (χ2v) is 9.57. The highest BCUT2D eigenvalue weighted by Gasteiger charge is 2.28. The van der Waals surface area contributed by atoms with Gasteiger partial charge in [0.2, 0.25) is 10.0 Å². The summed E-state index contributed by atoms with van der Waals surface area (Å²) in [5, 5.41) is 0.368. The number of halogens is 1. The molecule has 8 nitrogen and oxygen atoms in total. The maximum atomic E-state index is 12.9. The number of ether oxygens (including phenoxy) is 1. The number of fused-ring (bicyclic) bond motifs is 1. The van der Waals surface area contributed by atoms with Gasteiger partial charge in [-0.25, -0.2) is 13.2 Å². The zero-order chi connectivity index (χ0) is 22.2. The van der Waals surface area contributed by atoms with Gasteiger partial charge in [0.25, 0.3) is 0 Å². The van der Waals surface area contributed by atoms with Crippen LogP contribution < -0.4 is 10.5 Å². The van der Waals surface area contributed by atoms with Crippen molar-refractivity contribution in [1.29, 1.82) is 0 Å². The van der Waals surface area contributed by atoms with E-state index in [1.165, 1.54) is 33.1 Å². The van der Waals surface area contributed by atoms with Crippen LogP contribution in [0.3, 0.4) is 0 Å². The third-order valence-corrected chi connectivity index (χ3v) is 7.32. The number of oxazole rings is 1. The highest BCUT2D eigenvalue weighted by atomic mass is 35.5. The van der Waals surface area contributed by atoms with Crippen LogP contribution in [0.1, 0.15) is 30.1 Å². The van der Waals surface area contributed by atoms with Crippen molar-refractivity contribution in [1.82, 2.24) is 8.87 Å². The summed E-state index contributed by atoms with van der Waals surface area (Å²) in [6, 6.07) is 8.95. The molecule has 0 saturated carbocycles. The fourth-order valence-electron chi connectivity index (χ4n) is 3.66. The van der Waals surface area contributed by atoms with Crippen molar-refractivity contribution in [2.24, 2.45) is 0 Å². The molecule has 1 fully saturated rings. The van der Waals surface area contributed by atoms with Crippen molar-refractivity contribution in [3.8, 4) is 5.75 Å². The van der Waals surface area contributed by atoms with Crippen molar-refractivity contribution in [2.45, 2.75) is 31.2 Å². The number of aromatic nitrogens is 1. The number of nitrogens with zero attached hydrogens (tertiary/aromatic N) is 2. The molecule has 0 bridgehead atoms. The molecule has 0 spiro atoms. The van der Waals surface area contributed by atoms with Gasteiger partial charge in [0, 0.05) is 24.2 Å². The lowest BCUT2D eigenvalue weighted by molar-refractivity contribution is 0.0967. The first-order chi connectivity index (χ1) is 14.8. The first-order valence-electron chi connectivity index (χ1n) is 9.90. The molecule has 1 aromatic heterocycles. The van der Waals surface area contributed by atoms with Crippen LogP contribution in [0.2, 0.25) is 5.02 Å². The van der Waals surface area contributed by atoms with Crippen LogP contribution in [-0.4, -0.2) is 42.8 Å². The first kappa shape index (κ1) is 21.6. The normalized spacial score (nSPS) is 14.9. The molecule has 2 heterocycles. The number of Topliss-reactive ketones (excluding diaryl/α,β-unsaturated/α-hetero) is 1. The molecular formula is C21H21ClN2O6S. The number of benzene rings is 2. The molecule has 0 radical (unpaired) electrons. The molecule has 1 saturated heterocycles. The van der Waals surface area contributed by atoms with Crippen molar-refractivity contribution in [3.05, 3.63) is 57.5 Å². The largest absolute Gasteiger partial charge is 0.493 e. The number of hydrogen-bond donors (Lipinski definition) is 0. The smallest absolute Gasteiger partial charge is 0.420 e. The second-order valence-electron chi connectivity index (χ2n) is 7.19. The number of sulfonamides is 1. The van der Waals surface area contributed by atoms with Crippen molar-refractivity contribution < 1.29 is 22.4 Å². The minimum Gasteiger partial charge on any atom is -0.493 e. The van der Waals surface area contributed by atoms with Crippen LogP contribution in [0.5, 0.6) is 5.75 Å². The average molecular weight is 465 g/mol. The third-order valence-electron chi connectivity index (χ3n) is 5.19. The molecule has 4 rings (SSSR count). The summed E-state index contributed by atoms with van der Waals surface area (Å²) in [5.41, 5.74) is 0.691. The minimum atomic E-state index is -3.65. The molecule has 3 aromatic rings. The van der Waals surface area contributed by atoms with Crippen molar-refractivity contribution in [2.75, 3.05) is 19.7 Å². The predicted molar refractivity (Wildman–Crippen MR) is 115 cm³/mol. The Morgan fingerprint density at radius 3 is 2.61 bits per heavy atom. The fraction of sp³-hybridized carbons (Fsp3) is 0.333. The zero-order valence-electron chi connectivity index (χ0n) is 16.8. The number of hydrogen-bond acceptors (Lipinski definition) is 6. The van der Waals surface area contributed by atoms with E-state index in [1.807, 2.05) is 0 Å². The zero-order valence-corrected chi connectivity index (χ0v) is 18.4. The Bertz CT molecular complexity index is 1310. The summed E-state index contributed by atoms with van der Waals surface area (Å²) in [5.74, 6) is -0.764. The van der Waals surface area contributed by atoms with Crippen LogP contribution in [0.15, 0.2) is 50.5 Å². The summed E-state index contributed by atoms with van der Waals surface area (Å²) in [7, 11) is -3.65. The van der Waals surface area contributed by atoms with E-state index in [0.717, 1.165) is 12.8 Å². The molecule has 1 aliphatic rings. The summed E-state index contributed by atoms with van der Waals surface area (Å²) >= 11 is 6.03. The van der Waals surface area contributed by atoms with Gasteiger partial charge in [-0.05, 0) is 50.1 Å². The van der Waals surface area contributed by atoms with Gasteiger partial charge >= 0.3 is 5.76 Å². The summed E-state index contributed by atoms with van der Waals surface area (Å²) in [4.78, 5) is 25.4. The minimum absolute atomic E-state index is 0.0580. The third kappa shape index (κ3) is 4.13. The van der Waals surface area contributed by atoms with E-state index >= 15 is 0 Å². The molecular weight excluding hydrogens is 444 g/mol. The molecule has 0 amide bonds. The lowest BCUT2D eigenvalue weighted by Crippen LogP contribution is -2.27. The molecule has 1 aliphatic heterocycles. The van der Waals surface area contributed by atoms with Crippen LogP contribution >= 0.6 is 11.6 Å². The number of carbonyl (C=O) groups is 1. The average Bonchev–Trinajstić information content (AvgIpc) is 3.38. The number of ketones is 1. The van der Waals surface area contributed by atoms with Gasteiger partial charge in [0.1, 0.15) is 5.75 Å². The van der Waals surface area contributed by atoms with Gasteiger partial charge in [-0.15, -0.1) is 0 Å². The van der Waals surface area contributed by atoms with Crippen LogP contribution in [-0.2, 0) is 16.6 Å². The van der Waals surface area contributed by atoms with Crippen LogP contribution in [0.4, 0.5) is 0 Å². The Balaban J connectivity index is 1.68. The van der Waals surface area contributed by atoms with Gasteiger partial charge < -0.3 is 9.15 Å². The second kappa shape index (κ2) is 8.49. The van der Waals surface area contributed by atoms with Gasteiger partial charge in [0.15, 0.2) is 11.4 Å². The van der Waals surface area contributed by atoms with Crippen molar-refractivity contribution >= 4 is 38.5 Å². The highest BCUT2D eigenvalue weighted by molar-refractivity contribution is 7.89. The lowest BCUT2D eigenvalue weighted by Gasteiger charge is -2.15. The summed E-state index contributed by atoms with van der Waals surface area (Å²) in [6.45, 7) is 2.81. The molecule has 0 N–H and O–H groups in total. The van der Waals surface area contributed by atoms with Crippen molar-refractivity contribution in [3.63, 3.8) is 0 Å². The quantitative estimate of drug-likeness (QED) is 0.497. The molecule has 31 heavy (non-hydrogen) atoms. The van der Waals surface area contributed by atoms with E-state index in [-0.39, 0.29) is 28.4 Å². The predicted octanol–water partition coefficient (Wildman–Crippen LogP) is 3.31. The standard InChI is InChI=1S/C21H21ClN2O6S/c1-2-29-19-8-5-14(22)11-16(19)18(25)13-24-17-7-6-15(12-20(17)30-21(24)26)31(27,28)23-9-3-4-10-23/h5-8,11-12H,2-4,9-10,13H2,1H3. The number of carbonyl (C=O) groups excluding carboxylic acids is 1. The Morgan fingerprint density at radius 1 is 1.16 bits per heavy atom. The maximum Gasteiger partial charge on any atom is 0.420 e. The van der Waals surface area contributed by atoms with E-state index < -0.39 is 15.8 Å². The summed E-state index contributed by atoms with van der Waals surface area (Å²) in [6.07, 6.45) is 1.64. The van der Waals surface area contributed by atoms with Crippen LogP contribution in [0.25, 0.3) is 11.1 Å². The molecule has 0 atom stereocenters. The molecule has 164 valence electrons. The lowest BCUT2D eigenvalue weighted by atomic mass is 10.1. The molecule has 2 aromatic carbocycles. The molecule has 0 aliphatic carbocycles. The topological polar surface area (TPSA) is 98.8 Å². The Labute approximate surface area is 184 Å². The SMILES string of the molecule is CCOc1ccc(Cl)cc1C(=O)Cn1c(=O)oc2cc(S(=O)(=O)N3CCCC3)ccc21. The molecule has 0 unspecified atom stereocenters. The van der Waals surface area contributed by atoms with E-state index in [2.05, 4.69) is 0 Å². The fourth-order valence-corrected chi connectivity index (χ4v) is 5.37. The van der Waals surface area contributed by atoms with Gasteiger partial charge in [0.05, 0.1) is 29.1 Å². The van der Waals surface area contributed by atoms with Gasteiger partial charge in [-0.2, -0.15) is 4.31 Å². The Hall–Kier alpha value is -2.62.